The normalized spacial score (nSPS) is 14.3. The summed E-state index contributed by atoms with van der Waals surface area (Å²) in [7, 11) is 0. The lowest BCUT2D eigenvalue weighted by Crippen LogP contribution is -2.25. The minimum Gasteiger partial charge on any atom is -0.456 e. The molecule has 0 amide bonds. The molecule has 2 aliphatic carbocycles. The zero-order chi connectivity index (χ0) is 44.1. The van der Waals surface area contributed by atoms with E-state index in [-0.39, 0.29) is 0 Å². The molecule has 2 aliphatic rings. The third-order valence-corrected chi connectivity index (χ3v) is 14.5. The average Bonchev–Trinajstić information content (AvgIpc) is 4.04. The van der Waals surface area contributed by atoms with Crippen LogP contribution in [0.5, 0.6) is 0 Å². The Kier molecular flexibility index (Phi) is 8.23. The largest absolute Gasteiger partial charge is 0.456 e. The van der Waals surface area contributed by atoms with Crippen molar-refractivity contribution in [3.8, 4) is 55.6 Å². The molecule has 0 fully saturated rings. The summed E-state index contributed by atoms with van der Waals surface area (Å²) >= 11 is 0. The van der Waals surface area contributed by atoms with Crippen molar-refractivity contribution < 1.29 is 4.42 Å². The molecule has 0 aliphatic heterocycles. The van der Waals surface area contributed by atoms with Gasteiger partial charge in [0.05, 0.1) is 11.1 Å². The summed E-state index contributed by atoms with van der Waals surface area (Å²) in [5.41, 5.74) is 22.3. The first-order valence-electron chi connectivity index (χ1n) is 23.2. The topological polar surface area (TPSA) is 16.4 Å². The molecular formula is C65H41NO. The van der Waals surface area contributed by atoms with Gasteiger partial charge in [-0.05, 0) is 126 Å². The minimum absolute atomic E-state index is 0.509. The molecule has 67 heavy (non-hydrogen) atoms. The molecule has 1 spiro atoms. The predicted octanol–water partition coefficient (Wildman–Crippen LogP) is 17.6. The SMILES string of the molecule is c1ccc(-c2ccc(N(c3ccc(-c4ccccc4)cc3)c3ccc(-c4cccc5c4-c4ccccc4C54c5ccccc5-c5c4ccc4oc6ccccc6c54)c4ccccc34)cc2)cc1. The van der Waals surface area contributed by atoms with Crippen LogP contribution in [-0.2, 0) is 5.41 Å². The van der Waals surface area contributed by atoms with E-state index in [1.807, 2.05) is 0 Å². The molecule has 312 valence electrons. The Hall–Kier alpha value is -8.72. The zero-order valence-corrected chi connectivity index (χ0v) is 36.5. The highest BCUT2D eigenvalue weighted by Crippen LogP contribution is 2.65. The molecule has 2 heteroatoms. The Morgan fingerprint density at radius 2 is 0.776 bits per heavy atom. The van der Waals surface area contributed by atoms with E-state index >= 15 is 0 Å². The fourth-order valence-electron chi connectivity index (χ4n) is 11.7. The van der Waals surface area contributed by atoms with Crippen LogP contribution in [0.2, 0.25) is 0 Å². The zero-order valence-electron chi connectivity index (χ0n) is 36.5. The van der Waals surface area contributed by atoms with Crippen molar-refractivity contribution in [1.82, 2.24) is 0 Å². The van der Waals surface area contributed by atoms with Gasteiger partial charge in [-0.3, -0.25) is 0 Å². The highest BCUT2D eigenvalue weighted by atomic mass is 16.3. The molecule has 12 aromatic rings. The van der Waals surface area contributed by atoms with Crippen molar-refractivity contribution >= 4 is 49.8 Å². The molecule has 2 nitrogen and oxygen atoms in total. The van der Waals surface area contributed by atoms with Gasteiger partial charge in [0.15, 0.2) is 0 Å². The highest BCUT2D eigenvalue weighted by molar-refractivity contribution is 6.17. The second kappa shape index (κ2) is 14.7. The van der Waals surface area contributed by atoms with Gasteiger partial charge in [0.1, 0.15) is 11.2 Å². The molecule has 0 saturated carbocycles. The Morgan fingerprint density at radius 1 is 0.284 bits per heavy atom. The lowest BCUT2D eigenvalue weighted by Gasteiger charge is -2.30. The van der Waals surface area contributed by atoms with E-state index in [9.17, 15) is 0 Å². The fourth-order valence-corrected chi connectivity index (χ4v) is 11.7. The summed E-state index contributed by atoms with van der Waals surface area (Å²) in [6.07, 6.45) is 0. The van der Waals surface area contributed by atoms with Gasteiger partial charge in [-0.25, -0.2) is 0 Å². The van der Waals surface area contributed by atoms with Crippen LogP contribution < -0.4 is 4.90 Å². The Bertz CT molecular complexity index is 3820. The van der Waals surface area contributed by atoms with Crippen LogP contribution in [0.1, 0.15) is 22.3 Å². The smallest absolute Gasteiger partial charge is 0.136 e. The molecule has 0 saturated heterocycles. The van der Waals surface area contributed by atoms with E-state index in [2.05, 4.69) is 254 Å². The molecule has 1 aromatic heterocycles. The summed E-state index contributed by atoms with van der Waals surface area (Å²) in [4.78, 5) is 2.42. The maximum absolute atomic E-state index is 6.53. The van der Waals surface area contributed by atoms with Crippen LogP contribution >= 0.6 is 0 Å². The van der Waals surface area contributed by atoms with Gasteiger partial charge in [-0.2, -0.15) is 0 Å². The summed E-state index contributed by atoms with van der Waals surface area (Å²) in [6.45, 7) is 0. The second-order valence-electron chi connectivity index (χ2n) is 17.9. The van der Waals surface area contributed by atoms with E-state index in [1.54, 1.807) is 0 Å². The molecule has 0 N–H and O–H groups in total. The molecule has 1 unspecified atom stereocenters. The molecule has 0 radical (unpaired) electrons. The first-order valence-corrected chi connectivity index (χ1v) is 23.2. The van der Waals surface area contributed by atoms with Crippen molar-refractivity contribution in [1.29, 1.82) is 0 Å². The molecule has 1 heterocycles. The van der Waals surface area contributed by atoms with E-state index in [1.165, 1.54) is 94.0 Å². The Labute approximate surface area is 389 Å². The number of rotatable bonds is 6. The second-order valence-corrected chi connectivity index (χ2v) is 17.9. The molecule has 1 atom stereocenters. The lowest BCUT2D eigenvalue weighted by atomic mass is 9.70. The standard InChI is InChI=1S/C65H41NO/c1-3-16-42(17-4-1)44-30-34-46(35-31-44)66(47-36-32-45(33-37-47)43-18-5-2-6-19-43)59-40-38-49(48-20-7-8-21-50(48)59)51-25-15-28-57-62(51)52-22-9-12-26-55(52)65(57)56-27-13-10-23-53(56)63-58(65)39-41-61-64(63)54-24-11-14-29-60(54)67-61/h1-41H. The Balaban J connectivity index is 0.977. The summed E-state index contributed by atoms with van der Waals surface area (Å²) in [5, 5.41) is 4.73. The Morgan fingerprint density at radius 3 is 1.43 bits per heavy atom. The molecule has 0 bridgehead atoms. The summed E-state index contributed by atoms with van der Waals surface area (Å²) in [6, 6.07) is 91.1. The number of para-hydroxylation sites is 1. The van der Waals surface area contributed by atoms with Crippen molar-refractivity contribution in [3.05, 3.63) is 271 Å². The minimum atomic E-state index is -0.509. The third kappa shape index (κ3) is 5.45. The van der Waals surface area contributed by atoms with Gasteiger partial charge in [0.25, 0.3) is 0 Å². The number of hydrogen-bond donors (Lipinski definition) is 0. The first kappa shape index (κ1) is 37.6. The lowest BCUT2D eigenvalue weighted by molar-refractivity contribution is 0.668. The van der Waals surface area contributed by atoms with E-state index in [0.29, 0.717) is 0 Å². The molecule has 11 aromatic carbocycles. The number of furan rings is 1. The van der Waals surface area contributed by atoms with Crippen molar-refractivity contribution in [2.75, 3.05) is 4.90 Å². The van der Waals surface area contributed by atoms with E-state index < -0.39 is 5.41 Å². The summed E-state index contributed by atoms with van der Waals surface area (Å²) in [5.74, 6) is 0. The third-order valence-electron chi connectivity index (χ3n) is 14.5. The fraction of sp³-hybridized carbons (Fsp3) is 0.0154. The van der Waals surface area contributed by atoms with Crippen molar-refractivity contribution in [2.45, 2.75) is 5.41 Å². The van der Waals surface area contributed by atoms with Crippen LogP contribution in [0.15, 0.2) is 253 Å². The average molecular weight is 852 g/mol. The van der Waals surface area contributed by atoms with Gasteiger partial charge in [0, 0.05) is 27.5 Å². The molecular weight excluding hydrogens is 811 g/mol. The van der Waals surface area contributed by atoms with E-state index in [4.69, 9.17) is 4.42 Å². The van der Waals surface area contributed by atoms with Gasteiger partial charge in [-0.1, -0.05) is 206 Å². The van der Waals surface area contributed by atoms with Gasteiger partial charge < -0.3 is 9.32 Å². The summed E-state index contributed by atoms with van der Waals surface area (Å²) < 4.78 is 6.53. The van der Waals surface area contributed by atoms with Crippen LogP contribution in [0.25, 0.3) is 88.3 Å². The highest BCUT2D eigenvalue weighted by Gasteiger charge is 2.52. The quantitative estimate of drug-likeness (QED) is 0.166. The van der Waals surface area contributed by atoms with Gasteiger partial charge >= 0.3 is 0 Å². The van der Waals surface area contributed by atoms with Crippen LogP contribution in [0.4, 0.5) is 17.1 Å². The first-order chi connectivity index (χ1) is 33.3. The number of hydrogen-bond acceptors (Lipinski definition) is 2. The van der Waals surface area contributed by atoms with Crippen LogP contribution in [-0.4, -0.2) is 0 Å². The monoisotopic (exact) mass is 851 g/mol. The number of fused-ring (bicyclic) bond motifs is 15. The number of anilines is 3. The van der Waals surface area contributed by atoms with Crippen LogP contribution in [0, 0.1) is 0 Å². The number of benzene rings is 11. The van der Waals surface area contributed by atoms with Crippen molar-refractivity contribution in [2.24, 2.45) is 0 Å². The maximum Gasteiger partial charge on any atom is 0.136 e. The van der Waals surface area contributed by atoms with E-state index in [0.717, 1.165) is 33.6 Å². The number of nitrogens with zero attached hydrogens (tertiary/aromatic N) is 1. The van der Waals surface area contributed by atoms with Gasteiger partial charge in [0.2, 0.25) is 0 Å². The predicted molar refractivity (Wildman–Crippen MR) is 279 cm³/mol. The van der Waals surface area contributed by atoms with Gasteiger partial charge in [-0.15, -0.1) is 0 Å². The molecule has 14 rings (SSSR count). The maximum atomic E-state index is 6.53. The van der Waals surface area contributed by atoms with Crippen molar-refractivity contribution in [3.63, 3.8) is 0 Å². The van der Waals surface area contributed by atoms with Crippen LogP contribution in [0.3, 0.4) is 0 Å².